The molecule has 1 atom stereocenters. The van der Waals surface area contributed by atoms with Crippen molar-refractivity contribution in [1.29, 1.82) is 0 Å². The summed E-state index contributed by atoms with van der Waals surface area (Å²) in [6, 6.07) is 8.47. The van der Waals surface area contributed by atoms with E-state index >= 15 is 0 Å². The Morgan fingerprint density at radius 1 is 1.35 bits per heavy atom. The lowest BCUT2D eigenvalue weighted by Gasteiger charge is -2.15. The van der Waals surface area contributed by atoms with Crippen LogP contribution in [-0.2, 0) is 20.7 Å². The SMILES string of the molecule is COC(=O)[C@H](Cc1ccccc1)NC(=O)CO. The average Bonchev–Trinajstić information content (AvgIpc) is 2.38. The monoisotopic (exact) mass is 237 g/mol. The minimum absolute atomic E-state index is 0.333. The Morgan fingerprint density at radius 3 is 2.53 bits per heavy atom. The molecule has 1 aromatic rings. The van der Waals surface area contributed by atoms with Crippen LogP contribution in [0, 0.1) is 0 Å². The summed E-state index contributed by atoms with van der Waals surface area (Å²) in [6.07, 6.45) is 0.333. The van der Waals surface area contributed by atoms with E-state index in [9.17, 15) is 9.59 Å². The van der Waals surface area contributed by atoms with Gasteiger partial charge in [-0.15, -0.1) is 0 Å². The Labute approximate surface area is 99.4 Å². The Balaban J connectivity index is 2.70. The van der Waals surface area contributed by atoms with Crippen molar-refractivity contribution in [1.82, 2.24) is 5.32 Å². The van der Waals surface area contributed by atoms with Gasteiger partial charge in [-0.05, 0) is 5.56 Å². The van der Waals surface area contributed by atoms with Gasteiger partial charge in [0.25, 0.3) is 0 Å². The van der Waals surface area contributed by atoms with Crippen LogP contribution in [0.4, 0.5) is 0 Å². The third-order valence-electron chi connectivity index (χ3n) is 2.25. The van der Waals surface area contributed by atoms with Crippen molar-refractivity contribution in [2.45, 2.75) is 12.5 Å². The molecule has 0 aliphatic rings. The molecule has 0 fully saturated rings. The summed E-state index contributed by atoms with van der Waals surface area (Å²) in [6.45, 7) is -0.651. The number of nitrogens with one attached hydrogen (secondary N) is 1. The highest BCUT2D eigenvalue weighted by Gasteiger charge is 2.21. The van der Waals surface area contributed by atoms with E-state index in [2.05, 4.69) is 10.1 Å². The van der Waals surface area contributed by atoms with Gasteiger partial charge < -0.3 is 15.2 Å². The summed E-state index contributed by atoms with van der Waals surface area (Å²) in [5.41, 5.74) is 0.904. The Morgan fingerprint density at radius 2 is 2.00 bits per heavy atom. The molecule has 0 spiro atoms. The van der Waals surface area contributed by atoms with Crippen LogP contribution >= 0.6 is 0 Å². The van der Waals surface area contributed by atoms with Crippen molar-refractivity contribution in [3.8, 4) is 0 Å². The summed E-state index contributed by atoms with van der Waals surface area (Å²) in [5.74, 6) is -1.13. The van der Waals surface area contributed by atoms with Gasteiger partial charge >= 0.3 is 5.97 Å². The average molecular weight is 237 g/mol. The van der Waals surface area contributed by atoms with E-state index in [1.165, 1.54) is 7.11 Å². The van der Waals surface area contributed by atoms with Crippen LogP contribution in [0.1, 0.15) is 5.56 Å². The van der Waals surface area contributed by atoms with Gasteiger partial charge in [0.2, 0.25) is 5.91 Å². The van der Waals surface area contributed by atoms with Crippen LogP contribution in [0.15, 0.2) is 30.3 Å². The third-order valence-corrected chi connectivity index (χ3v) is 2.25. The highest BCUT2D eigenvalue weighted by atomic mass is 16.5. The van der Waals surface area contributed by atoms with E-state index in [-0.39, 0.29) is 0 Å². The molecule has 0 bridgehead atoms. The van der Waals surface area contributed by atoms with Gasteiger partial charge in [-0.3, -0.25) is 4.79 Å². The number of aliphatic hydroxyl groups is 1. The first-order chi connectivity index (χ1) is 8.17. The van der Waals surface area contributed by atoms with Crippen LogP contribution in [0.25, 0.3) is 0 Å². The highest BCUT2D eigenvalue weighted by Crippen LogP contribution is 2.04. The van der Waals surface area contributed by atoms with Gasteiger partial charge in [0, 0.05) is 6.42 Å². The van der Waals surface area contributed by atoms with Crippen molar-refractivity contribution in [2.75, 3.05) is 13.7 Å². The molecule has 2 N–H and O–H groups in total. The fourth-order valence-electron chi connectivity index (χ4n) is 1.43. The molecule has 1 amide bonds. The smallest absolute Gasteiger partial charge is 0.328 e. The van der Waals surface area contributed by atoms with Crippen molar-refractivity contribution in [3.05, 3.63) is 35.9 Å². The molecule has 92 valence electrons. The number of carbonyl (C=O) groups excluding carboxylic acids is 2. The predicted octanol–water partition coefficient (Wildman–Crippen LogP) is -0.121. The standard InChI is InChI=1S/C12H15NO4/c1-17-12(16)10(13-11(15)8-14)7-9-5-3-2-4-6-9/h2-6,10,14H,7-8H2,1H3,(H,13,15)/t10-/m0/s1. The van der Waals surface area contributed by atoms with Gasteiger partial charge in [-0.25, -0.2) is 4.79 Å². The molecule has 0 aliphatic carbocycles. The molecule has 5 heteroatoms. The molecular weight excluding hydrogens is 222 g/mol. The molecule has 17 heavy (non-hydrogen) atoms. The second-order valence-electron chi connectivity index (χ2n) is 3.49. The lowest BCUT2D eigenvalue weighted by Crippen LogP contribution is -2.44. The molecular formula is C12H15NO4. The van der Waals surface area contributed by atoms with Crippen LogP contribution in [0.2, 0.25) is 0 Å². The summed E-state index contributed by atoms with van der Waals surface area (Å²) in [7, 11) is 1.26. The maximum atomic E-state index is 11.4. The van der Waals surface area contributed by atoms with Gasteiger partial charge in [0.05, 0.1) is 7.11 Å². The van der Waals surface area contributed by atoms with E-state index in [1.54, 1.807) is 0 Å². The minimum Gasteiger partial charge on any atom is -0.467 e. The summed E-state index contributed by atoms with van der Waals surface area (Å²) >= 11 is 0. The maximum Gasteiger partial charge on any atom is 0.328 e. The molecule has 5 nitrogen and oxygen atoms in total. The molecule has 0 saturated heterocycles. The maximum absolute atomic E-state index is 11.4. The molecule has 0 heterocycles. The Bertz CT molecular complexity index is 377. The zero-order valence-corrected chi connectivity index (χ0v) is 9.55. The van der Waals surface area contributed by atoms with Crippen LogP contribution in [0.3, 0.4) is 0 Å². The lowest BCUT2D eigenvalue weighted by molar-refractivity contribution is -0.145. The van der Waals surface area contributed by atoms with Gasteiger partial charge in [-0.1, -0.05) is 30.3 Å². The first kappa shape index (κ1) is 13.2. The van der Waals surface area contributed by atoms with E-state index in [0.717, 1.165) is 5.56 Å². The quantitative estimate of drug-likeness (QED) is 0.700. The van der Waals surface area contributed by atoms with Gasteiger partial charge in [0.1, 0.15) is 12.6 Å². The second-order valence-corrected chi connectivity index (χ2v) is 3.49. The highest BCUT2D eigenvalue weighted by molar-refractivity contribution is 5.85. The second kappa shape index (κ2) is 6.65. The van der Waals surface area contributed by atoms with Gasteiger partial charge in [-0.2, -0.15) is 0 Å². The van der Waals surface area contributed by atoms with Crippen molar-refractivity contribution >= 4 is 11.9 Å². The molecule has 1 rings (SSSR count). The molecule has 0 unspecified atom stereocenters. The number of hydrogen-bond acceptors (Lipinski definition) is 4. The number of ether oxygens (including phenoxy) is 1. The van der Waals surface area contributed by atoms with E-state index in [0.29, 0.717) is 6.42 Å². The van der Waals surface area contributed by atoms with Crippen LogP contribution < -0.4 is 5.32 Å². The van der Waals surface area contributed by atoms with E-state index in [4.69, 9.17) is 5.11 Å². The van der Waals surface area contributed by atoms with Crippen molar-refractivity contribution < 1.29 is 19.4 Å². The van der Waals surface area contributed by atoms with Crippen molar-refractivity contribution in [3.63, 3.8) is 0 Å². The topological polar surface area (TPSA) is 75.6 Å². The Kier molecular flexibility index (Phi) is 5.16. The minimum atomic E-state index is -0.776. The largest absolute Gasteiger partial charge is 0.467 e. The lowest BCUT2D eigenvalue weighted by atomic mass is 10.1. The number of rotatable bonds is 5. The first-order valence-corrected chi connectivity index (χ1v) is 5.19. The third kappa shape index (κ3) is 4.24. The predicted molar refractivity (Wildman–Crippen MR) is 61.2 cm³/mol. The zero-order chi connectivity index (χ0) is 12.7. The van der Waals surface area contributed by atoms with E-state index < -0.39 is 24.5 Å². The Hall–Kier alpha value is -1.88. The summed E-state index contributed by atoms with van der Waals surface area (Å²) in [4.78, 5) is 22.5. The van der Waals surface area contributed by atoms with E-state index in [1.807, 2.05) is 30.3 Å². The number of benzene rings is 1. The fraction of sp³-hybridized carbons (Fsp3) is 0.333. The van der Waals surface area contributed by atoms with Crippen molar-refractivity contribution in [2.24, 2.45) is 0 Å². The van der Waals surface area contributed by atoms with Gasteiger partial charge in [0.15, 0.2) is 0 Å². The molecule has 0 aliphatic heterocycles. The van der Waals surface area contributed by atoms with Crippen LogP contribution in [0.5, 0.6) is 0 Å². The fourth-order valence-corrected chi connectivity index (χ4v) is 1.43. The summed E-state index contributed by atoms with van der Waals surface area (Å²) in [5, 5.41) is 11.0. The molecule has 1 aromatic carbocycles. The molecule has 0 saturated carbocycles. The zero-order valence-electron chi connectivity index (χ0n) is 9.55. The molecule has 0 aromatic heterocycles. The molecule has 0 radical (unpaired) electrons. The normalized spacial score (nSPS) is 11.6. The van der Waals surface area contributed by atoms with Crippen LogP contribution in [-0.4, -0.2) is 36.7 Å². The number of methoxy groups -OCH3 is 1. The first-order valence-electron chi connectivity index (χ1n) is 5.19. The number of hydrogen-bond donors (Lipinski definition) is 2. The summed E-state index contributed by atoms with van der Waals surface area (Å²) < 4.78 is 4.59. The number of carbonyl (C=O) groups is 2. The number of amides is 1. The number of esters is 1. The number of aliphatic hydroxyl groups excluding tert-OH is 1.